The van der Waals surface area contributed by atoms with E-state index in [1.807, 2.05) is 0 Å². The Bertz CT molecular complexity index is 91.8. The van der Waals surface area contributed by atoms with Crippen LogP contribution in [-0.2, 0) is 0 Å². The zero-order valence-corrected chi connectivity index (χ0v) is 6.46. The summed E-state index contributed by atoms with van der Waals surface area (Å²) in [5.41, 5.74) is 0. The van der Waals surface area contributed by atoms with Crippen LogP contribution in [0.2, 0.25) is 0 Å². The number of halogens is 3. The van der Waals surface area contributed by atoms with Crippen LogP contribution in [0.25, 0.3) is 0 Å². The van der Waals surface area contributed by atoms with Crippen LogP contribution in [0.3, 0.4) is 0 Å². The fourth-order valence-electron chi connectivity index (χ4n) is 1.05. The number of rotatable bonds is 1. The van der Waals surface area contributed by atoms with Crippen molar-refractivity contribution in [2.75, 3.05) is 19.8 Å². The van der Waals surface area contributed by atoms with Crippen LogP contribution in [-0.4, -0.2) is 25.9 Å². The minimum Gasteiger partial charge on any atom is -0.314 e. The molecule has 0 unspecified atom stereocenters. The number of hydrogen-bond acceptors (Lipinski definition) is 1. The summed E-state index contributed by atoms with van der Waals surface area (Å²) in [5.74, 6) is -0.341. The average Bonchev–Trinajstić information content (AvgIpc) is 1.89. The van der Waals surface area contributed by atoms with Crippen molar-refractivity contribution >= 4 is 12.4 Å². The molecule has 1 nitrogen and oxygen atoms in total. The van der Waals surface area contributed by atoms with Gasteiger partial charge < -0.3 is 5.32 Å². The molecule has 4 heteroatoms. The number of nitrogens with one attached hydrogen (secondary N) is 1. The summed E-state index contributed by atoms with van der Waals surface area (Å²) in [7, 11) is 0. The zero-order valence-electron chi connectivity index (χ0n) is 5.65. The number of alkyl halides is 2. The first-order valence-corrected chi connectivity index (χ1v) is 3.25. The van der Waals surface area contributed by atoms with Gasteiger partial charge in [-0.2, -0.15) is 0 Å². The normalized spacial score (nSPS) is 33.0. The van der Waals surface area contributed by atoms with Gasteiger partial charge in [0.15, 0.2) is 0 Å². The molecule has 1 saturated heterocycles. The van der Waals surface area contributed by atoms with Gasteiger partial charge in [-0.25, -0.2) is 4.39 Å². The van der Waals surface area contributed by atoms with Crippen molar-refractivity contribution in [1.82, 2.24) is 5.32 Å². The molecular formula is C6H12ClF2N. The highest BCUT2D eigenvalue weighted by atomic mass is 35.5. The van der Waals surface area contributed by atoms with Crippen LogP contribution in [0.5, 0.6) is 0 Å². The first kappa shape index (κ1) is 10.1. The largest absolute Gasteiger partial charge is 0.314 e. The van der Waals surface area contributed by atoms with E-state index in [1.165, 1.54) is 0 Å². The van der Waals surface area contributed by atoms with Crippen LogP contribution in [0.4, 0.5) is 8.78 Å². The second-order valence-corrected chi connectivity index (χ2v) is 2.42. The van der Waals surface area contributed by atoms with Crippen molar-refractivity contribution in [3.8, 4) is 0 Å². The molecule has 0 spiro atoms. The van der Waals surface area contributed by atoms with E-state index in [0.717, 1.165) is 6.54 Å². The second kappa shape index (κ2) is 4.85. The lowest BCUT2D eigenvalue weighted by Gasteiger charge is -2.23. The highest BCUT2D eigenvalue weighted by Crippen LogP contribution is 2.15. The van der Waals surface area contributed by atoms with Gasteiger partial charge >= 0.3 is 0 Å². The van der Waals surface area contributed by atoms with Crippen LogP contribution in [0, 0.1) is 5.92 Å². The van der Waals surface area contributed by atoms with Crippen LogP contribution in [0.15, 0.2) is 0 Å². The summed E-state index contributed by atoms with van der Waals surface area (Å²) in [5, 5.41) is 2.86. The van der Waals surface area contributed by atoms with Gasteiger partial charge in [-0.1, -0.05) is 0 Å². The Hall–Kier alpha value is 0.110. The van der Waals surface area contributed by atoms with Crippen LogP contribution in [0.1, 0.15) is 6.42 Å². The lowest BCUT2D eigenvalue weighted by molar-refractivity contribution is 0.151. The predicted molar refractivity (Wildman–Crippen MR) is 39.1 cm³/mol. The molecule has 0 bridgehead atoms. The summed E-state index contributed by atoms with van der Waals surface area (Å²) in [6.07, 6.45) is -0.332. The molecule has 10 heavy (non-hydrogen) atoms. The van der Waals surface area contributed by atoms with Gasteiger partial charge in [0.25, 0.3) is 0 Å². The van der Waals surface area contributed by atoms with Crippen molar-refractivity contribution in [2.24, 2.45) is 5.92 Å². The van der Waals surface area contributed by atoms with Crippen molar-refractivity contribution in [3.05, 3.63) is 0 Å². The molecule has 1 aliphatic rings. The maximum absolute atomic E-state index is 12.5. The molecule has 1 fully saturated rings. The maximum atomic E-state index is 12.5. The molecule has 0 aromatic carbocycles. The van der Waals surface area contributed by atoms with Gasteiger partial charge in [-0.3, -0.25) is 4.39 Å². The lowest BCUT2D eigenvalue weighted by atomic mass is 9.98. The van der Waals surface area contributed by atoms with Gasteiger partial charge in [0, 0.05) is 12.5 Å². The second-order valence-electron chi connectivity index (χ2n) is 2.42. The number of hydrogen-bond donors (Lipinski definition) is 1. The molecule has 0 radical (unpaired) electrons. The monoisotopic (exact) mass is 171 g/mol. The smallest absolute Gasteiger partial charge is 0.118 e. The number of piperidine rings is 1. The minimum absolute atomic E-state index is 0. The quantitative estimate of drug-likeness (QED) is 0.628. The fraction of sp³-hybridized carbons (Fsp3) is 1.00. The van der Waals surface area contributed by atoms with E-state index in [-0.39, 0.29) is 18.3 Å². The van der Waals surface area contributed by atoms with Gasteiger partial charge in [0.1, 0.15) is 6.17 Å². The molecule has 62 valence electrons. The molecular weight excluding hydrogens is 160 g/mol. The molecule has 1 rings (SSSR count). The SMILES string of the molecule is Cl.FC[C@@H]1CCNC[C@@H]1F. The summed E-state index contributed by atoms with van der Waals surface area (Å²) in [4.78, 5) is 0. The van der Waals surface area contributed by atoms with E-state index in [1.54, 1.807) is 0 Å². The van der Waals surface area contributed by atoms with E-state index in [9.17, 15) is 8.78 Å². The molecule has 1 N–H and O–H groups in total. The van der Waals surface area contributed by atoms with Crippen molar-refractivity contribution in [3.63, 3.8) is 0 Å². The third-order valence-electron chi connectivity index (χ3n) is 1.74. The molecule has 1 aliphatic heterocycles. The fourth-order valence-corrected chi connectivity index (χ4v) is 1.05. The van der Waals surface area contributed by atoms with Crippen LogP contribution < -0.4 is 5.32 Å². The van der Waals surface area contributed by atoms with Crippen LogP contribution >= 0.6 is 12.4 Å². The Morgan fingerprint density at radius 1 is 1.50 bits per heavy atom. The first-order chi connectivity index (χ1) is 4.34. The Morgan fingerprint density at radius 2 is 2.20 bits per heavy atom. The van der Waals surface area contributed by atoms with Gasteiger partial charge in [0.05, 0.1) is 6.67 Å². The topological polar surface area (TPSA) is 12.0 Å². The maximum Gasteiger partial charge on any atom is 0.118 e. The van der Waals surface area contributed by atoms with Gasteiger partial charge in [0.2, 0.25) is 0 Å². The molecule has 0 saturated carbocycles. The predicted octanol–water partition coefficient (Wildman–Crippen LogP) is 1.33. The van der Waals surface area contributed by atoms with E-state index in [4.69, 9.17) is 0 Å². The van der Waals surface area contributed by atoms with Crippen molar-refractivity contribution in [1.29, 1.82) is 0 Å². The Balaban J connectivity index is 0.000000810. The van der Waals surface area contributed by atoms with E-state index in [2.05, 4.69) is 5.32 Å². The highest BCUT2D eigenvalue weighted by Gasteiger charge is 2.23. The minimum atomic E-state index is -0.969. The Labute approximate surface area is 65.6 Å². The van der Waals surface area contributed by atoms with E-state index >= 15 is 0 Å². The Kier molecular flexibility index (Phi) is 4.91. The summed E-state index contributed by atoms with van der Waals surface area (Å²) in [6.45, 7) is 0.576. The standard InChI is InChI=1S/C6H11F2N.ClH/c7-3-5-1-2-9-4-6(5)8;/h5-6,9H,1-4H2;1H/t5-,6-;/m0./s1. The molecule has 1 heterocycles. The first-order valence-electron chi connectivity index (χ1n) is 3.25. The lowest BCUT2D eigenvalue weighted by Crippen LogP contribution is -2.38. The van der Waals surface area contributed by atoms with Crippen molar-refractivity contribution < 1.29 is 8.78 Å². The third-order valence-corrected chi connectivity index (χ3v) is 1.74. The molecule has 0 aromatic heterocycles. The van der Waals surface area contributed by atoms with Gasteiger partial charge in [-0.15, -0.1) is 12.4 Å². The summed E-state index contributed by atoms with van der Waals surface area (Å²) < 4.78 is 24.4. The van der Waals surface area contributed by atoms with Crippen molar-refractivity contribution in [2.45, 2.75) is 12.6 Å². The average molecular weight is 172 g/mol. The molecule has 0 amide bonds. The highest BCUT2D eigenvalue weighted by molar-refractivity contribution is 5.85. The third kappa shape index (κ3) is 2.39. The van der Waals surface area contributed by atoms with Gasteiger partial charge in [-0.05, 0) is 13.0 Å². The zero-order chi connectivity index (χ0) is 6.69. The van der Waals surface area contributed by atoms with E-state index in [0.29, 0.717) is 13.0 Å². The molecule has 2 atom stereocenters. The summed E-state index contributed by atoms with van der Waals surface area (Å²) >= 11 is 0. The van der Waals surface area contributed by atoms with E-state index < -0.39 is 12.8 Å². The summed E-state index contributed by atoms with van der Waals surface area (Å²) in [6, 6.07) is 0. The molecule has 0 aromatic rings. The molecule has 0 aliphatic carbocycles. The Morgan fingerprint density at radius 3 is 2.60 bits per heavy atom.